The summed E-state index contributed by atoms with van der Waals surface area (Å²) in [4.78, 5) is 12.6. The van der Waals surface area contributed by atoms with Gasteiger partial charge in [0.15, 0.2) is 0 Å². The predicted octanol–water partition coefficient (Wildman–Crippen LogP) is 7.20. The lowest BCUT2D eigenvalue weighted by atomic mass is 9.93. The van der Waals surface area contributed by atoms with Crippen LogP contribution in [0.5, 0.6) is 5.75 Å². The number of carbonyl (C=O) groups is 1. The number of hydrogen-bond donors (Lipinski definition) is 1. The molecular weight excluding hydrogens is 481 g/mol. The molecule has 0 saturated carbocycles. The van der Waals surface area contributed by atoms with Gasteiger partial charge in [-0.15, -0.1) is 0 Å². The predicted molar refractivity (Wildman–Crippen MR) is 141 cm³/mol. The average Bonchev–Trinajstić information content (AvgIpc) is 2.74. The van der Waals surface area contributed by atoms with Crippen molar-refractivity contribution in [2.75, 3.05) is 19.8 Å². The van der Waals surface area contributed by atoms with Crippen molar-refractivity contribution >= 4 is 13.9 Å². The lowest BCUT2D eigenvalue weighted by Gasteiger charge is -2.41. The molecule has 0 radical (unpaired) electrons. The number of alkyl carbamates (subject to hydrolysis) is 1. The van der Waals surface area contributed by atoms with E-state index < -0.39 is 30.7 Å². The standard InChI is InChI=1S/C27H46NO7P/c1-8-9-10-11-19-31-23-16-14-22(15-17-23)13-12-18-27(28-24(29)34-25(2,3)4)20-32-36(30,33-21-27)35-26(5,6)7/h14-17H,8-13,18-21H2,1-7H3,(H,28,29). The third kappa shape index (κ3) is 11.6. The maximum atomic E-state index is 12.9. The van der Waals surface area contributed by atoms with E-state index in [2.05, 4.69) is 24.4 Å². The average molecular weight is 528 g/mol. The molecule has 1 N–H and O–H groups in total. The van der Waals surface area contributed by atoms with Crippen molar-refractivity contribution in [3.8, 4) is 5.75 Å². The normalized spacial score (nSPS) is 22.8. The fourth-order valence-corrected chi connectivity index (χ4v) is 5.43. The highest BCUT2D eigenvalue weighted by Crippen LogP contribution is 2.56. The lowest BCUT2D eigenvalue weighted by Crippen LogP contribution is -2.57. The van der Waals surface area contributed by atoms with E-state index in [0.29, 0.717) is 6.42 Å². The van der Waals surface area contributed by atoms with Crippen LogP contribution in [0.3, 0.4) is 0 Å². The topological polar surface area (TPSA) is 92.3 Å². The van der Waals surface area contributed by atoms with Crippen LogP contribution in [0.4, 0.5) is 4.79 Å². The Bertz CT molecular complexity index is 846. The van der Waals surface area contributed by atoms with Crippen LogP contribution in [-0.4, -0.2) is 42.7 Å². The van der Waals surface area contributed by atoms with Crippen molar-refractivity contribution in [2.24, 2.45) is 0 Å². The molecule has 206 valence electrons. The molecule has 1 aromatic rings. The summed E-state index contributed by atoms with van der Waals surface area (Å²) < 4.78 is 40.9. The highest BCUT2D eigenvalue weighted by Gasteiger charge is 2.46. The molecule has 1 aliphatic rings. The SMILES string of the molecule is CCCCCCOc1ccc(CCCC2(NC(=O)OC(C)(C)C)COP(=O)(OC(C)(C)C)OC2)cc1. The molecule has 0 aliphatic carbocycles. The zero-order valence-electron chi connectivity index (χ0n) is 23.2. The van der Waals surface area contributed by atoms with Crippen molar-refractivity contribution in [3.05, 3.63) is 29.8 Å². The van der Waals surface area contributed by atoms with Crippen molar-refractivity contribution in [3.63, 3.8) is 0 Å². The summed E-state index contributed by atoms with van der Waals surface area (Å²) in [5, 5.41) is 2.91. The molecule has 0 unspecified atom stereocenters. The van der Waals surface area contributed by atoms with E-state index in [1.165, 1.54) is 24.8 Å². The van der Waals surface area contributed by atoms with Gasteiger partial charge >= 0.3 is 13.9 Å². The number of unbranched alkanes of at least 4 members (excludes halogenated alkanes) is 3. The van der Waals surface area contributed by atoms with Gasteiger partial charge in [0, 0.05) is 0 Å². The number of rotatable bonds is 12. The number of hydrogen-bond acceptors (Lipinski definition) is 7. The maximum absolute atomic E-state index is 12.9. The first-order valence-corrected chi connectivity index (χ1v) is 14.5. The van der Waals surface area contributed by atoms with Gasteiger partial charge in [0.25, 0.3) is 0 Å². The van der Waals surface area contributed by atoms with Gasteiger partial charge in [-0.25, -0.2) is 9.36 Å². The van der Waals surface area contributed by atoms with Gasteiger partial charge in [-0.3, -0.25) is 13.6 Å². The summed E-state index contributed by atoms with van der Waals surface area (Å²) >= 11 is 0. The Morgan fingerprint density at radius 1 is 0.972 bits per heavy atom. The van der Waals surface area contributed by atoms with Crippen molar-refractivity contribution in [2.45, 2.75) is 110 Å². The van der Waals surface area contributed by atoms with E-state index in [0.717, 1.165) is 31.6 Å². The van der Waals surface area contributed by atoms with E-state index in [1.807, 2.05) is 12.1 Å². The molecule has 2 rings (SSSR count). The van der Waals surface area contributed by atoms with Gasteiger partial charge in [-0.1, -0.05) is 38.3 Å². The Morgan fingerprint density at radius 3 is 2.17 bits per heavy atom. The number of amides is 1. The minimum Gasteiger partial charge on any atom is -0.494 e. The molecule has 0 bridgehead atoms. The Balaban J connectivity index is 1.95. The zero-order chi connectivity index (χ0) is 26.9. The summed E-state index contributed by atoms with van der Waals surface area (Å²) in [5.41, 5.74) is -1.05. The fraction of sp³-hybridized carbons (Fsp3) is 0.741. The van der Waals surface area contributed by atoms with Crippen LogP contribution in [-0.2, 0) is 29.3 Å². The minimum absolute atomic E-state index is 0.00437. The van der Waals surface area contributed by atoms with Gasteiger partial charge in [0.1, 0.15) is 11.4 Å². The van der Waals surface area contributed by atoms with Crippen LogP contribution < -0.4 is 10.1 Å². The zero-order valence-corrected chi connectivity index (χ0v) is 24.1. The van der Waals surface area contributed by atoms with Crippen LogP contribution >= 0.6 is 7.82 Å². The van der Waals surface area contributed by atoms with Gasteiger partial charge in [-0.2, -0.15) is 0 Å². The van der Waals surface area contributed by atoms with Crippen molar-refractivity contribution < 1.29 is 32.4 Å². The molecule has 0 aromatic heterocycles. The van der Waals surface area contributed by atoms with Crippen molar-refractivity contribution in [1.29, 1.82) is 0 Å². The first kappa shape index (κ1) is 30.6. The molecule has 8 nitrogen and oxygen atoms in total. The number of benzene rings is 1. The second kappa shape index (κ2) is 13.3. The molecule has 0 atom stereocenters. The third-order valence-corrected chi connectivity index (χ3v) is 7.12. The summed E-state index contributed by atoms with van der Waals surface area (Å²) in [6, 6.07) is 8.12. The number of aryl methyl sites for hydroxylation is 1. The van der Waals surface area contributed by atoms with Gasteiger partial charge in [0.2, 0.25) is 0 Å². The van der Waals surface area contributed by atoms with Crippen LogP contribution in [0.2, 0.25) is 0 Å². The molecule has 1 aromatic carbocycles. The number of ether oxygens (including phenoxy) is 2. The van der Waals surface area contributed by atoms with E-state index in [-0.39, 0.29) is 13.2 Å². The molecule has 36 heavy (non-hydrogen) atoms. The summed E-state index contributed by atoms with van der Waals surface area (Å²) in [6.45, 7) is 13.7. The monoisotopic (exact) mass is 527 g/mol. The second-order valence-electron chi connectivity index (χ2n) is 11.5. The number of phosphoric acid groups is 1. The number of carbonyl (C=O) groups excluding carboxylic acids is 1. The quantitative estimate of drug-likeness (QED) is 0.227. The summed E-state index contributed by atoms with van der Waals surface area (Å²) in [6.07, 6.45) is 6.25. The Labute approximate surface area is 217 Å². The van der Waals surface area contributed by atoms with Crippen LogP contribution in [0.25, 0.3) is 0 Å². The van der Waals surface area contributed by atoms with E-state index in [9.17, 15) is 9.36 Å². The molecule has 1 saturated heterocycles. The van der Waals surface area contributed by atoms with Gasteiger partial charge < -0.3 is 14.8 Å². The minimum atomic E-state index is -3.72. The molecule has 1 amide bonds. The van der Waals surface area contributed by atoms with E-state index in [4.69, 9.17) is 23.0 Å². The van der Waals surface area contributed by atoms with Crippen LogP contribution in [0, 0.1) is 0 Å². The van der Waals surface area contributed by atoms with Gasteiger partial charge in [0.05, 0.1) is 31.0 Å². The second-order valence-corrected chi connectivity index (χ2v) is 13.1. The first-order valence-electron chi connectivity index (χ1n) is 13.1. The molecule has 1 heterocycles. The first-order chi connectivity index (χ1) is 16.7. The third-order valence-electron chi connectivity index (χ3n) is 5.46. The van der Waals surface area contributed by atoms with Crippen molar-refractivity contribution in [1.82, 2.24) is 5.32 Å². The fourth-order valence-electron chi connectivity index (χ4n) is 3.77. The molecule has 9 heteroatoms. The summed E-state index contributed by atoms with van der Waals surface area (Å²) in [7, 11) is -3.72. The number of nitrogens with one attached hydrogen (secondary N) is 1. The maximum Gasteiger partial charge on any atom is 0.475 e. The molecular formula is C27H46NO7P. The Hall–Kier alpha value is -1.60. The summed E-state index contributed by atoms with van der Waals surface area (Å²) in [5.74, 6) is 0.877. The Kier molecular flexibility index (Phi) is 11.3. The van der Waals surface area contributed by atoms with Gasteiger partial charge in [-0.05, 0) is 84.9 Å². The largest absolute Gasteiger partial charge is 0.494 e. The highest BCUT2D eigenvalue weighted by atomic mass is 31.2. The van der Waals surface area contributed by atoms with E-state index in [1.54, 1.807) is 41.5 Å². The van der Waals surface area contributed by atoms with Crippen LogP contribution in [0.1, 0.15) is 92.6 Å². The number of phosphoric ester groups is 1. The smallest absolute Gasteiger partial charge is 0.475 e. The Morgan fingerprint density at radius 2 is 1.61 bits per heavy atom. The molecule has 1 aliphatic heterocycles. The van der Waals surface area contributed by atoms with E-state index >= 15 is 0 Å². The highest BCUT2D eigenvalue weighted by molar-refractivity contribution is 7.48. The molecule has 0 spiro atoms. The lowest BCUT2D eigenvalue weighted by molar-refractivity contribution is -0.0281. The molecule has 1 fully saturated rings. The van der Waals surface area contributed by atoms with Crippen LogP contribution in [0.15, 0.2) is 24.3 Å².